The number of urea groups is 1. The molecule has 0 saturated carbocycles. The van der Waals surface area contributed by atoms with Crippen molar-refractivity contribution in [1.29, 1.82) is 5.26 Å². The number of carbonyl (C=O) groups excluding carboxylic acids is 2. The van der Waals surface area contributed by atoms with Gasteiger partial charge < -0.3 is 20.7 Å². The van der Waals surface area contributed by atoms with Crippen LogP contribution in [0, 0.1) is 11.3 Å². The first-order valence-electron chi connectivity index (χ1n) is 7.53. The van der Waals surface area contributed by atoms with Crippen molar-refractivity contribution in [3.63, 3.8) is 0 Å². The van der Waals surface area contributed by atoms with E-state index < -0.39 is 12.1 Å². The van der Waals surface area contributed by atoms with E-state index in [-0.39, 0.29) is 5.91 Å². The topological polar surface area (TPSA) is 103 Å². The summed E-state index contributed by atoms with van der Waals surface area (Å²) in [6, 6.07) is 14.8. The number of hydrogen-bond donors (Lipinski definition) is 3. The standard InChI is InChI=1S/C18H18N4O3/c1-12(25-2)17(23)20-15-4-3-5-16(10-15)22-18(24)21-14-8-6-13(11-19)7-9-14/h3-10,12H,1-2H3,(H,20,23)(H2,21,22,24)/t12-/m1/s1. The second-order valence-electron chi connectivity index (χ2n) is 5.22. The summed E-state index contributed by atoms with van der Waals surface area (Å²) in [5.74, 6) is -0.276. The molecule has 0 spiro atoms. The Morgan fingerprint density at radius 3 is 2.20 bits per heavy atom. The van der Waals surface area contributed by atoms with E-state index in [0.717, 1.165) is 0 Å². The van der Waals surface area contributed by atoms with E-state index in [4.69, 9.17) is 10.00 Å². The molecule has 0 heterocycles. The van der Waals surface area contributed by atoms with Gasteiger partial charge in [0.2, 0.25) is 0 Å². The number of methoxy groups -OCH3 is 1. The molecule has 128 valence electrons. The number of ether oxygens (including phenoxy) is 1. The van der Waals surface area contributed by atoms with Crippen LogP contribution in [0.15, 0.2) is 48.5 Å². The Balaban J connectivity index is 1.97. The van der Waals surface area contributed by atoms with Crippen LogP contribution in [0.2, 0.25) is 0 Å². The summed E-state index contributed by atoms with van der Waals surface area (Å²) in [4.78, 5) is 23.8. The molecular weight excluding hydrogens is 320 g/mol. The average Bonchev–Trinajstić information content (AvgIpc) is 2.61. The van der Waals surface area contributed by atoms with Crippen LogP contribution in [0.4, 0.5) is 21.9 Å². The van der Waals surface area contributed by atoms with E-state index >= 15 is 0 Å². The lowest BCUT2D eigenvalue weighted by molar-refractivity contribution is -0.124. The second-order valence-corrected chi connectivity index (χ2v) is 5.22. The number of nitrogens with zero attached hydrogens (tertiary/aromatic N) is 1. The van der Waals surface area contributed by atoms with Crippen LogP contribution in [0.5, 0.6) is 0 Å². The Kier molecular flexibility index (Phi) is 6.09. The molecule has 0 aliphatic carbocycles. The molecule has 0 aliphatic rings. The van der Waals surface area contributed by atoms with Gasteiger partial charge in [-0.3, -0.25) is 4.79 Å². The van der Waals surface area contributed by atoms with Gasteiger partial charge in [0.1, 0.15) is 6.10 Å². The highest BCUT2D eigenvalue weighted by Gasteiger charge is 2.12. The lowest BCUT2D eigenvalue weighted by Gasteiger charge is -2.12. The molecule has 0 aromatic heterocycles. The third-order valence-electron chi connectivity index (χ3n) is 3.38. The predicted molar refractivity (Wildman–Crippen MR) is 95.3 cm³/mol. The van der Waals surface area contributed by atoms with Crippen molar-refractivity contribution in [2.45, 2.75) is 13.0 Å². The fraction of sp³-hybridized carbons (Fsp3) is 0.167. The van der Waals surface area contributed by atoms with Crippen LogP contribution in [0.3, 0.4) is 0 Å². The Morgan fingerprint density at radius 1 is 1.00 bits per heavy atom. The minimum atomic E-state index is -0.573. The molecule has 25 heavy (non-hydrogen) atoms. The Hall–Kier alpha value is -3.37. The van der Waals surface area contributed by atoms with Crippen LogP contribution in [-0.2, 0) is 9.53 Å². The second kappa shape index (κ2) is 8.47. The van der Waals surface area contributed by atoms with Crippen molar-refractivity contribution in [1.82, 2.24) is 0 Å². The molecule has 0 unspecified atom stereocenters. The van der Waals surface area contributed by atoms with Crippen molar-refractivity contribution < 1.29 is 14.3 Å². The summed E-state index contributed by atoms with van der Waals surface area (Å²) < 4.78 is 4.95. The summed E-state index contributed by atoms with van der Waals surface area (Å²) >= 11 is 0. The number of nitrogens with one attached hydrogen (secondary N) is 3. The first-order valence-corrected chi connectivity index (χ1v) is 7.53. The number of benzene rings is 2. The Labute approximate surface area is 145 Å². The Bertz CT molecular complexity index is 797. The summed E-state index contributed by atoms with van der Waals surface area (Å²) in [5, 5.41) is 16.8. The van der Waals surface area contributed by atoms with Gasteiger partial charge in [0.05, 0.1) is 11.6 Å². The minimum Gasteiger partial charge on any atom is -0.372 e. The fourth-order valence-electron chi connectivity index (χ4n) is 1.95. The number of carbonyl (C=O) groups is 2. The lowest BCUT2D eigenvalue weighted by atomic mass is 10.2. The van der Waals surface area contributed by atoms with Crippen LogP contribution in [0.25, 0.3) is 0 Å². The molecule has 0 radical (unpaired) electrons. The van der Waals surface area contributed by atoms with Crippen LogP contribution < -0.4 is 16.0 Å². The lowest BCUT2D eigenvalue weighted by Crippen LogP contribution is -2.26. The molecule has 3 N–H and O–H groups in total. The molecule has 7 nitrogen and oxygen atoms in total. The predicted octanol–water partition coefficient (Wildman–Crippen LogP) is 3.18. The van der Waals surface area contributed by atoms with Crippen molar-refractivity contribution in [2.24, 2.45) is 0 Å². The highest BCUT2D eigenvalue weighted by molar-refractivity contribution is 6.00. The van der Waals surface area contributed by atoms with Gasteiger partial charge in [-0.1, -0.05) is 6.07 Å². The molecule has 1 atom stereocenters. The van der Waals surface area contributed by atoms with Gasteiger partial charge in [-0.25, -0.2) is 4.79 Å². The molecule has 0 aliphatic heterocycles. The zero-order chi connectivity index (χ0) is 18.2. The van der Waals surface area contributed by atoms with E-state index in [1.165, 1.54) is 7.11 Å². The summed E-state index contributed by atoms with van der Waals surface area (Å²) in [6.07, 6.45) is -0.573. The summed E-state index contributed by atoms with van der Waals surface area (Å²) in [7, 11) is 1.45. The zero-order valence-corrected chi connectivity index (χ0v) is 13.9. The van der Waals surface area contributed by atoms with Crippen LogP contribution in [0.1, 0.15) is 12.5 Å². The smallest absolute Gasteiger partial charge is 0.323 e. The first-order chi connectivity index (χ1) is 12.0. The molecule has 7 heteroatoms. The van der Waals surface area contributed by atoms with E-state index in [2.05, 4.69) is 16.0 Å². The normalized spacial score (nSPS) is 11.1. The quantitative estimate of drug-likeness (QED) is 0.779. The molecular formula is C18H18N4O3. The van der Waals surface area contributed by atoms with Crippen LogP contribution in [-0.4, -0.2) is 25.2 Å². The largest absolute Gasteiger partial charge is 0.372 e. The van der Waals surface area contributed by atoms with Gasteiger partial charge in [0.25, 0.3) is 5.91 Å². The third kappa shape index (κ3) is 5.34. The van der Waals surface area contributed by atoms with Crippen molar-refractivity contribution in [2.75, 3.05) is 23.1 Å². The SMILES string of the molecule is CO[C@H](C)C(=O)Nc1cccc(NC(=O)Nc2ccc(C#N)cc2)c1. The van der Waals surface area contributed by atoms with E-state index in [1.807, 2.05) is 6.07 Å². The van der Waals surface area contributed by atoms with Gasteiger partial charge >= 0.3 is 6.03 Å². The van der Waals surface area contributed by atoms with Gasteiger partial charge in [-0.2, -0.15) is 5.26 Å². The number of hydrogen-bond acceptors (Lipinski definition) is 4. The molecule has 2 rings (SSSR count). The maximum absolute atomic E-state index is 12.0. The van der Waals surface area contributed by atoms with Crippen molar-refractivity contribution >= 4 is 29.0 Å². The maximum Gasteiger partial charge on any atom is 0.323 e. The summed E-state index contributed by atoms with van der Waals surface area (Å²) in [5.41, 5.74) is 2.15. The first kappa shape index (κ1) is 18.0. The molecule has 0 bridgehead atoms. The fourth-order valence-corrected chi connectivity index (χ4v) is 1.95. The van der Waals surface area contributed by atoms with Crippen LogP contribution >= 0.6 is 0 Å². The molecule has 0 fully saturated rings. The third-order valence-corrected chi connectivity index (χ3v) is 3.38. The zero-order valence-electron chi connectivity index (χ0n) is 13.9. The van der Waals surface area contributed by atoms with Crippen molar-refractivity contribution in [3.8, 4) is 6.07 Å². The molecule has 3 amide bonds. The number of anilines is 3. The van der Waals surface area contributed by atoms with Gasteiger partial charge in [-0.15, -0.1) is 0 Å². The highest BCUT2D eigenvalue weighted by Crippen LogP contribution is 2.16. The Morgan fingerprint density at radius 2 is 1.60 bits per heavy atom. The van der Waals surface area contributed by atoms with Crippen molar-refractivity contribution in [3.05, 3.63) is 54.1 Å². The van der Waals surface area contributed by atoms with E-state index in [0.29, 0.717) is 22.6 Å². The number of nitriles is 1. The minimum absolute atomic E-state index is 0.276. The monoisotopic (exact) mass is 338 g/mol. The van der Waals surface area contributed by atoms with E-state index in [1.54, 1.807) is 55.5 Å². The van der Waals surface area contributed by atoms with Gasteiger partial charge in [0.15, 0.2) is 0 Å². The molecule has 2 aromatic carbocycles. The molecule has 2 aromatic rings. The molecule has 0 saturated heterocycles. The highest BCUT2D eigenvalue weighted by atomic mass is 16.5. The average molecular weight is 338 g/mol. The number of rotatable bonds is 5. The maximum atomic E-state index is 12.0. The van der Waals surface area contributed by atoms with Gasteiger partial charge in [0, 0.05) is 24.2 Å². The van der Waals surface area contributed by atoms with E-state index in [9.17, 15) is 9.59 Å². The summed E-state index contributed by atoms with van der Waals surface area (Å²) in [6.45, 7) is 1.64. The number of amides is 3. The van der Waals surface area contributed by atoms with Gasteiger partial charge in [-0.05, 0) is 49.4 Å².